The van der Waals surface area contributed by atoms with Gasteiger partial charge in [-0.2, -0.15) is 0 Å². The Hall–Kier alpha value is -4.44. The zero-order valence-electron chi connectivity index (χ0n) is 36.0. The summed E-state index contributed by atoms with van der Waals surface area (Å²) in [6.07, 6.45) is 5.61. The molecular weight excluding hydrogens is 799 g/mol. The van der Waals surface area contributed by atoms with E-state index in [2.05, 4.69) is 20.8 Å². The molecule has 0 bridgehead atoms. The number of aromatic nitrogens is 2. The van der Waals surface area contributed by atoms with Crippen molar-refractivity contribution in [2.24, 2.45) is 46.3 Å². The number of pyridine rings is 2. The van der Waals surface area contributed by atoms with E-state index in [0.717, 1.165) is 32.1 Å². The predicted octanol–water partition coefficient (Wildman–Crippen LogP) is 5.68. The Morgan fingerprint density at radius 3 is 2.63 bits per heavy atom. The molecule has 2 aromatic heterocycles. The number of carbonyl (C=O) groups excluding carboxylic acids is 2. The second kappa shape index (κ2) is 15.7. The molecular formula is C47H59N3O12. The summed E-state index contributed by atoms with van der Waals surface area (Å²) >= 11 is 0. The number of rotatable bonds is 11. The minimum Gasteiger partial charge on any atom is -0.487 e. The van der Waals surface area contributed by atoms with Gasteiger partial charge in [-0.25, -0.2) is 9.78 Å². The van der Waals surface area contributed by atoms with Crippen molar-refractivity contribution >= 4 is 28.5 Å². The van der Waals surface area contributed by atoms with Gasteiger partial charge in [-0.1, -0.05) is 27.7 Å². The van der Waals surface area contributed by atoms with Gasteiger partial charge in [0.1, 0.15) is 6.61 Å². The van der Waals surface area contributed by atoms with E-state index in [0.29, 0.717) is 48.2 Å². The van der Waals surface area contributed by atoms with Gasteiger partial charge in [0.25, 0.3) is 5.56 Å². The zero-order valence-corrected chi connectivity index (χ0v) is 36.0. The number of nitrogens with zero attached hydrogens (tertiary/aromatic N) is 3. The number of hydrogen-bond donors (Lipinski definition) is 4. The van der Waals surface area contributed by atoms with Crippen LogP contribution in [0.15, 0.2) is 29.1 Å². The minimum absolute atomic E-state index is 0.00626. The maximum Gasteiger partial charge on any atom is 0.343 e. The zero-order chi connectivity index (χ0) is 44.0. The van der Waals surface area contributed by atoms with Crippen molar-refractivity contribution in [3.63, 3.8) is 0 Å². The third-order valence-corrected chi connectivity index (χ3v) is 16.9. The number of benzene rings is 1. The topological polar surface area (TPSA) is 221 Å². The third-order valence-electron chi connectivity index (χ3n) is 16.9. The molecule has 4 saturated carbocycles. The molecule has 1 aromatic carbocycles. The van der Waals surface area contributed by atoms with Crippen LogP contribution >= 0.6 is 0 Å². The number of ether oxygens (including phenoxy) is 3. The van der Waals surface area contributed by atoms with Gasteiger partial charge in [0.2, 0.25) is 0 Å². The van der Waals surface area contributed by atoms with Crippen LogP contribution in [0.1, 0.15) is 115 Å². The van der Waals surface area contributed by atoms with Crippen molar-refractivity contribution in [2.75, 3.05) is 13.2 Å². The number of carbonyl (C=O) groups is 2. The number of esters is 2. The molecule has 62 heavy (non-hydrogen) atoms. The molecule has 4 heterocycles. The number of hydrogen-bond acceptors (Lipinski definition) is 13. The van der Waals surface area contributed by atoms with Crippen molar-refractivity contribution in [3.05, 3.63) is 61.4 Å². The Balaban J connectivity index is 0.801. The van der Waals surface area contributed by atoms with E-state index in [1.807, 2.05) is 0 Å². The molecule has 12 atom stereocenters. The van der Waals surface area contributed by atoms with Crippen LogP contribution in [0.4, 0.5) is 5.69 Å². The number of aliphatic hydroxyl groups excluding tert-OH is 3. The molecule has 0 spiro atoms. The van der Waals surface area contributed by atoms with E-state index in [1.54, 1.807) is 25.1 Å². The molecule has 334 valence electrons. The Labute approximate surface area is 359 Å². The highest BCUT2D eigenvalue weighted by atomic mass is 16.6. The SMILES string of the molecule is CC[C@@]1(O)C(=O)OCc2c1cc1n(c2=O)Cc2cc3c([N+](=O)[O-])c(OCCCOC(=O)CC[C@@H](C)C4CCC5C6C(O)CC7CC(O)CCC7(C)C6CC(O)C54C)ccc3nc2-1. The van der Waals surface area contributed by atoms with Crippen molar-refractivity contribution in [3.8, 4) is 17.1 Å². The first-order chi connectivity index (χ1) is 29.5. The first kappa shape index (κ1) is 42.8. The largest absolute Gasteiger partial charge is 0.487 e. The summed E-state index contributed by atoms with van der Waals surface area (Å²) in [5.74, 6) is 0.0643. The van der Waals surface area contributed by atoms with Crippen molar-refractivity contribution in [1.82, 2.24) is 9.55 Å². The molecule has 15 nitrogen and oxygen atoms in total. The van der Waals surface area contributed by atoms with E-state index < -0.39 is 34.3 Å². The maximum absolute atomic E-state index is 13.6. The first-order valence-electron chi connectivity index (χ1n) is 22.6. The second-order valence-electron chi connectivity index (χ2n) is 19.8. The lowest BCUT2D eigenvalue weighted by molar-refractivity contribution is -0.384. The van der Waals surface area contributed by atoms with Gasteiger partial charge >= 0.3 is 17.6 Å². The Morgan fingerprint density at radius 2 is 1.87 bits per heavy atom. The molecule has 9 rings (SSSR count). The van der Waals surface area contributed by atoms with Crippen LogP contribution in [-0.2, 0) is 37.8 Å². The average molecular weight is 858 g/mol. The average Bonchev–Trinajstić information content (AvgIpc) is 3.79. The van der Waals surface area contributed by atoms with Crippen LogP contribution < -0.4 is 10.3 Å². The molecule has 0 saturated heterocycles. The smallest absolute Gasteiger partial charge is 0.343 e. The standard InChI is InChI=1S/C47H59N3O12/c1-5-47(57)32-20-35-41-25(22-49(35)43(55)29(32)23-62-44(47)56)17-28-34(48-41)10-11-37(42(28)50(58)59)60-15-6-16-61-39(54)12-7-24(2)30-8-9-31-40-33(21-38(53)46(30,31)4)45(3)14-13-27(51)18-26(45)19-36(40)52/h10-11,17,20,24,26-27,30-31,33,36,38,40,51-53,57H,5-9,12-16,18-19,21-23H2,1-4H3/t24-,26?,27?,30?,31?,33?,36?,38?,40?,45?,46?,47+/m1/s1. The highest BCUT2D eigenvalue weighted by Crippen LogP contribution is 2.68. The molecule has 2 aliphatic heterocycles. The van der Waals surface area contributed by atoms with Gasteiger partial charge in [-0.15, -0.1) is 0 Å². The highest BCUT2D eigenvalue weighted by molar-refractivity contribution is 5.94. The number of nitro benzene ring substituents is 1. The van der Waals surface area contributed by atoms with E-state index >= 15 is 0 Å². The molecule has 4 fully saturated rings. The third kappa shape index (κ3) is 6.58. The molecule has 0 radical (unpaired) electrons. The summed E-state index contributed by atoms with van der Waals surface area (Å²) in [5.41, 5.74) is -0.964. The summed E-state index contributed by atoms with van der Waals surface area (Å²) < 4.78 is 18.1. The Kier molecular flexibility index (Phi) is 10.8. The van der Waals surface area contributed by atoms with Gasteiger partial charge in [-0.05, 0) is 128 Å². The number of nitro groups is 1. The fourth-order valence-electron chi connectivity index (χ4n) is 13.5. The lowest BCUT2D eigenvalue weighted by atomic mass is 9.43. The van der Waals surface area contributed by atoms with E-state index in [4.69, 9.17) is 19.2 Å². The van der Waals surface area contributed by atoms with Crippen LogP contribution in [0.25, 0.3) is 22.3 Å². The van der Waals surface area contributed by atoms with Crippen LogP contribution in [0.3, 0.4) is 0 Å². The van der Waals surface area contributed by atoms with Crippen LogP contribution in [0.2, 0.25) is 0 Å². The first-order valence-corrected chi connectivity index (χ1v) is 22.6. The molecule has 10 unspecified atom stereocenters. The maximum atomic E-state index is 13.6. The quantitative estimate of drug-likeness (QED) is 0.0618. The normalized spacial score (nSPS) is 34.8. The monoisotopic (exact) mass is 857 g/mol. The van der Waals surface area contributed by atoms with Crippen molar-refractivity contribution in [1.29, 1.82) is 0 Å². The van der Waals surface area contributed by atoms with E-state index in [1.165, 1.54) is 10.6 Å². The molecule has 3 aromatic rings. The van der Waals surface area contributed by atoms with Gasteiger partial charge in [-0.3, -0.25) is 19.7 Å². The molecule has 4 N–H and O–H groups in total. The number of cyclic esters (lactones) is 1. The van der Waals surface area contributed by atoms with Crippen LogP contribution in [-0.4, -0.2) is 78.4 Å². The fraction of sp³-hybridized carbons (Fsp3) is 0.660. The lowest BCUT2D eigenvalue weighted by Crippen LogP contribution is -2.62. The van der Waals surface area contributed by atoms with Gasteiger partial charge in [0.05, 0.1) is 70.8 Å². The van der Waals surface area contributed by atoms with Gasteiger partial charge in [0, 0.05) is 24.0 Å². The summed E-state index contributed by atoms with van der Waals surface area (Å²) in [6, 6.07) is 6.29. The minimum atomic E-state index is -1.97. The highest BCUT2D eigenvalue weighted by Gasteiger charge is 2.65. The Morgan fingerprint density at radius 1 is 1.08 bits per heavy atom. The molecule has 0 amide bonds. The fourth-order valence-corrected chi connectivity index (χ4v) is 13.5. The Bertz CT molecular complexity index is 2380. The van der Waals surface area contributed by atoms with Gasteiger partial charge in [0.15, 0.2) is 11.4 Å². The lowest BCUT2D eigenvalue weighted by Gasteiger charge is -2.63. The van der Waals surface area contributed by atoms with Crippen molar-refractivity contribution < 1.29 is 49.1 Å². The molecule has 15 heteroatoms. The van der Waals surface area contributed by atoms with E-state index in [-0.39, 0.29) is 126 Å². The predicted molar refractivity (Wildman–Crippen MR) is 225 cm³/mol. The molecule has 4 aliphatic carbocycles. The van der Waals surface area contributed by atoms with Gasteiger partial charge < -0.3 is 39.2 Å². The number of fused-ring (bicyclic) bond motifs is 10. The van der Waals surface area contributed by atoms with E-state index in [9.17, 15) is 44.9 Å². The summed E-state index contributed by atoms with van der Waals surface area (Å²) in [7, 11) is 0. The van der Waals surface area contributed by atoms with Crippen LogP contribution in [0.5, 0.6) is 5.75 Å². The number of aliphatic hydroxyl groups is 4. The summed E-state index contributed by atoms with van der Waals surface area (Å²) in [6.45, 7) is 8.28. The summed E-state index contributed by atoms with van der Waals surface area (Å²) in [5, 5.41) is 57.7. The van der Waals surface area contributed by atoms with Crippen molar-refractivity contribution in [2.45, 2.75) is 135 Å². The molecule has 6 aliphatic rings. The second-order valence-corrected chi connectivity index (χ2v) is 19.8. The summed E-state index contributed by atoms with van der Waals surface area (Å²) in [4.78, 5) is 55.7. The van der Waals surface area contributed by atoms with Crippen LogP contribution in [0, 0.1) is 56.5 Å².